The van der Waals surface area contributed by atoms with Crippen LogP contribution in [0.4, 0.5) is 0 Å². The Kier molecular flexibility index (Phi) is 3.76. The molecule has 5 heteroatoms. The van der Waals surface area contributed by atoms with Gasteiger partial charge in [0.2, 0.25) is 0 Å². The van der Waals surface area contributed by atoms with Crippen LogP contribution in [-0.4, -0.2) is 38.9 Å². The lowest BCUT2D eigenvalue weighted by atomic mass is 10.2. The predicted octanol–water partition coefficient (Wildman–Crippen LogP) is 2.28. The number of hydrogen-bond donors (Lipinski definition) is 0. The van der Waals surface area contributed by atoms with Gasteiger partial charge in [0, 0.05) is 13.1 Å². The summed E-state index contributed by atoms with van der Waals surface area (Å²) in [4.78, 5) is 14.3. The molecule has 2 heterocycles. The number of carbonyl (C=O) groups excluding carboxylic acids is 1. The molecule has 1 amide bonds. The molecule has 1 aliphatic rings. The first-order valence-corrected chi connectivity index (χ1v) is 7.11. The molecule has 1 saturated heterocycles. The SMILES string of the molecule is O=C(c1cn(-c2ccccc2)nn1)N1CCCCCC1. The van der Waals surface area contributed by atoms with E-state index in [-0.39, 0.29) is 5.91 Å². The minimum absolute atomic E-state index is 0.00548. The molecule has 1 aromatic carbocycles. The third kappa shape index (κ3) is 2.71. The Morgan fingerprint density at radius 3 is 2.40 bits per heavy atom. The monoisotopic (exact) mass is 270 g/mol. The molecular formula is C15H18N4O. The van der Waals surface area contributed by atoms with Crippen LogP contribution >= 0.6 is 0 Å². The Hall–Kier alpha value is -2.17. The zero-order valence-corrected chi connectivity index (χ0v) is 11.4. The number of aromatic nitrogens is 3. The third-order valence-electron chi connectivity index (χ3n) is 3.63. The highest BCUT2D eigenvalue weighted by atomic mass is 16.2. The topological polar surface area (TPSA) is 51.0 Å². The van der Waals surface area contributed by atoms with Gasteiger partial charge in [-0.15, -0.1) is 5.10 Å². The van der Waals surface area contributed by atoms with E-state index in [0.29, 0.717) is 5.69 Å². The fraction of sp³-hybridized carbons (Fsp3) is 0.400. The van der Waals surface area contributed by atoms with Crippen LogP contribution in [0.3, 0.4) is 0 Å². The number of benzene rings is 1. The maximum atomic E-state index is 12.4. The molecule has 1 fully saturated rings. The zero-order valence-electron chi connectivity index (χ0n) is 11.4. The van der Waals surface area contributed by atoms with Crippen molar-refractivity contribution in [1.82, 2.24) is 19.9 Å². The maximum absolute atomic E-state index is 12.4. The number of rotatable bonds is 2. The number of amides is 1. The number of para-hydroxylation sites is 1. The van der Waals surface area contributed by atoms with E-state index < -0.39 is 0 Å². The van der Waals surface area contributed by atoms with E-state index in [1.54, 1.807) is 10.9 Å². The molecule has 0 bridgehead atoms. The van der Waals surface area contributed by atoms with Gasteiger partial charge in [0.15, 0.2) is 5.69 Å². The second kappa shape index (κ2) is 5.86. The molecule has 0 unspecified atom stereocenters. The van der Waals surface area contributed by atoms with Gasteiger partial charge in [0.1, 0.15) is 0 Å². The van der Waals surface area contributed by atoms with Gasteiger partial charge in [-0.05, 0) is 25.0 Å². The van der Waals surface area contributed by atoms with Crippen molar-refractivity contribution in [2.24, 2.45) is 0 Å². The average molecular weight is 270 g/mol. The molecule has 3 rings (SSSR count). The van der Waals surface area contributed by atoms with Crippen LogP contribution in [0.25, 0.3) is 5.69 Å². The molecule has 104 valence electrons. The first-order chi connectivity index (χ1) is 9.84. The van der Waals surface area contributed by atoms with E-state index in [1.807, 2.05) is 35.2 Å². The van der Waals surface area contributed by atoms with E-state index in [4.69, 9.17) is 0 Å². The van der Waals surface area contributed by atoms with Gasteiger partial charge >= 0.3 is 0 Å². The van der Waals surface area contributed by atoms with Crippen LogP contribution in [0.2, 0.25) is 0 Å². The lowest BCUT2D eigenvalue weighted by Crippen LogP contribution is -2.32. The van der Waals surface area contributed by atoms with Crippen molar-refractivity contribution in [1.29, 1.82) is 0 Å². The van der Waals surface area contributed by atoms with Crippen molar-refractivity contribution in [2.75, 3.05) is 13.1 Å². The normalized spacial score (nSPS) is 15.9. The summed E-state index contributed by atoms with van der Waals surface area (Å²) in [6.07, 6.45) is 6.29. The number of carbonyl (C=O) groups is 1. The quantitative estimate of drug-likeness (QED) is 0.841. The minimum Gasteiger partial charge on any atom is -0.337 e. The largest absolute Gasteiger partial charge is 0.337 e. The van der Waals surface area contributed by atoms with E-state index in [9.17, 15) is 4.79 Å². The van der Waals surface area contributed by atoms with Gasteiger partial charge in [-0.1, -0.05) is 36.3 Å². The molecule has 0 saturated carbocycles. The Balaban J connectivity index is 1.77. The summed E-state index contributed by atoms with van der Waals surface area (Å²) in [7, 11) is 0. The minimum atomic E-state index is -0.00548. The van der Waals surface area contributed by atoms with Crippen molar-refractivity contribution in [3.05, 3.63) is 42.2 Å². The summed E-state index contributed by atoms with van der Waals surface area (Å²) < 4.78 is 1.64. The molecule has 1 aliphatic heterocycles. The van der Waals surface area contributed by atoms with Gasteiger partial charge in [-0.25, -0.2) is 4.68 Å². The molecule has 0 aliphatic carbocycles. The summed E-state index contributed by atoms with van der Waals surface area (Å²) >= 11 is 0. The van der Waals surface area contributed by atoms with Crippen molar-refractivity contribution in [2.45, 2.75) is 25.7 Å². The zero-order chi connectivity index (χ0) is 13.8. The fourth-order valence-electron chi connectivity index (χ4n) is 2.50. The summed E-state index contributed by atoms with van der Waals surface area (Å²) in [5.74, 6) is -0.00548. The average Bonchev–Trinajstić information content (AvgIpc) is 2.83. The first-order valence-electron chi connectivity index (χ1n) is 7.11. The standard InChI is InChI=1S/C15H18N4O/c20-15(18-10-6-1-2-7-11-18)14-12-19(17-16-14)13-8-4-3-5-9-13/h3-5,8-9,12H,1-2,6-7,10-11H2. The van der Waals surface area contributed by atoms with Crippen molar-refractivity contribution >= 4 is 5.91 Å². The third-order valence-corrected chi connectivity index (χ3v) is 3.63. The second-order valence-electron chi connectivity index (χ2n) is 5.09. The number of nitrogens with zero attached hydrogens (tertiary/aromatic N) is 4. The van der Waals surface area contributed by atoms with Gasteiger partial charge in [0.05, 0.1) is 11.9 Å². The summed E-state index contributed by atoms with van der Waals surface area (Å²) in [6, 6.07) is 9.70. The number of hydrogen-bond acceptors (Lipinski definition) is 3. The Morgan fingerprint density at radius 1 is 1.00 bits per heavy atom. The van der Waals surface area contributed by atoms with Crippen molar-refractivity contribution in [3.8, 4) is 5.69 Å². The Labute approximate surface area is 118 Å². The van der Waals surface area contributed by atoms with Gasteiger partial charge in [-0.3, -0.25) is 4.79 Å². The molecule has 2 aromatic rings. The molecule has 5 nitrogen and oxygen atoms in total. The lowest BCUT2D eigenvalue weighted by Gasteiger charge is -2.18. The molecule has 0 radical (unpaired) electrons. The van der Waals surface area contributed by atoms with E-state index in [2.05, 4.69) is 10.3 Å². The molecule has 20 heavy (non-hydrogen) atoms. The van der Waals surface area contributed by atoms with E-state index in [1.165, 1.54) is 12.8 Å². The number of likely N-dealkylation sites (tertiary alicyclic amines) is 1. The maximum Gasteiger partial charge on any atom is 0.276 e. The van der Waals surface area contributed by atoms with Crippen LogP contribution in [-0.2, 0) is 0 Å². The molecule has 1 aromatic heterocycles. The highest BCUT2D eigenvalue weighted by molar-refractivity contribution is 5.92. The molecule has 0 N–H and O–H groups in total. The van der Waals surface area contributed by atoms with E-state index >= 15 is 0 Å². The van der Waals surface area contributed by atoms with E-state index in [0.717, 1.165) is 31.6 Å². The summed E-state index contributed by atoms with van der Waals surface area (Å²) in [5, 5.41) is 8.07. The highest BCUT2D eigenvalue weighted by Gasteiger charge is 2.20. The van der Waals surface area contributed by atoms with Crippen LogP contribution < -0.4 is 0 Å². The van der Waals surface area contributed by atoms with Crippen molar-refractivity contribution < 1.29 is 4.79 Å². The molecule has 0 atom stereocenters. The highest BCUT2D eigenvalue weighted by Crippen LogP contribution is 2.13. The van der Waals surface area contributed by atoms with Gasteiger partial charge < -0.3 is 4.90 Å². The second-order valence-corrected chi connectivity index (χ2v) is 5.09. The smallest absolute Gasteiger partial charge is 0.276 e. The molecule has 0 spiro atoms. The predicted molar refractivity (Wildman–Crippen MR) is 75.7 cm³/mol. The van der Waals surface area contributed by atoms with Gasteiger partial charge in [-0.2, -0.15) is 0 Å². The van der Waals surface area contributed by atoms with Gasteiger partial charge in [0.25, 0.3) is 5.91 Å². The molecular weight excluding hydrogens is 252 g/mol. The summed E-state index contributed by atoms with van der Waals surface area (Å²) in [5.41, 5.74) is 1.34. The van der Waals surface area contributed by atoms with Crippen LogP contribution in [0.15, 0.2) is 36.5 Å². The van der Waals surface area contributed by atoms with Crippen LogP contribution in [0.5, 0.6) is 0 Å². The Morgan fingerprint density at radius 2 is 1.70 bits per heavy atom. The Bertz CT molecular complexity index is 571. The fourth-order valence-corrected chi connectivity index (χ4v) is 2.50. The first kappa shape index (κ1) is 12.8. The van der Waals surface area contributed by atoms with Crippen LogP contribution in [0, 0.1) is 0 Å². The van der Waals surface area contributed by atoms with Crippen LogP contribution in [0.1, 0.15) is 36.2 Å². The lowest BCUT2D eigenvalue weighted by molar-refractivity contribution is 0.0755. The summed E-state index contributed by atoms with van der Waals surface area (Å²) in [6.45, 7) is 1.66. The van der Waals surface area contributed by atoms with Crippen molar-refractivity contribution in [3.63, 3.8) is 0 Å².